The molecule has 1 saturated heterocycles. The highest BCUT2D eigenvalue weighted by Crippen LogP contribution is 2.42. The Bertz CT molecular complexity index is 1390. The van der Waals surface area contributed by atoms with Crippen LogP contribution in [0.4, 0.5) is 18.0 Å². The van der Waals surface area contributed by atoms with Crippen molar-refractivity contribution in [2.45, 2.75) is 75.5 Å². The first kappa shape index (κ1) is 25.6. The number of nitrogens with zero attached hydrogens (tertiary/aromatic N) is 6. The van der Waals surface area contributed by atoms with Gasteiger partial charge in [0.1, 0.15) is 11.4 Å². The van der Waals surface area contributed by atoms with Gasteiger partial charge in [0, 0.05) is 25.3 Å². The van der Waals surface area contributed by atoms with E-state index >= 15 is 0 Å². The highest BCUT2D eigenvalue weighted by atomic mass is 19.3. The Hall–Kier alpha value is -3.71. The van der Waals surface area contributed by atoms with E-state index in [1.807, 2.05) is 0 Å². The molecule has 3 aromatic rings. The van der Waals surface area contributed by atoms with Crippen LogP contribution >= 0.6 is 0 Å². The van der Waals surface area contributed by atoms with Crippen molar-refractivity contribution >= 4 is 17.6 Å². The third kappa shape index (κ3) is 5.41. The molecule has 0 spiro atoms. The molecule has 3 aliphatic rings. The van der Waals surface area contributed by atoms with Crippen LogP contribution in [0, 0.1) is 5.92 Å². The average Bonchev–Trinajstić information content (AvgIpc) is 3.45. The molecule has 39 heavy (non-hydrogen) atoms. The number of alkyl halides is 3. The first-order chi connectivity index (χ1) is 18.6. The number of rotatable bonds is 7. The van der Waals surface area contributed by atoms with Crippen molar-refractivity contribution in [3.8, 4) is 0 Å². The van der Waals surface area contributed by atoms with Gasteiger partial charge in [0.15, 0.2) is 11.3 Å². The minimum absolute atomic E-state index is 0.0456. The topological polar surface area (TPSA) is 131 Å². The number of urea groups is 1. The van der Waals surface area contributed by atoms with Crippen molar-refractivity contribution in [3.63, 3.8) is 0 Å². The summed E-state index contributed by atoms with van der Waals surface area (Å²) in [6.07, 6.45) is 4.90. The van der Waals surface area contributed by atoms with E-state index in [1.54, 1.807) is 18.5 Å². The van der Waals surface area contributed by atoms with E-state index in [2.05, 4.69) is 31.0 Å². The molecule has 0 unspecified atom stereocenters. The molecule has 2 atom stereocenters. The monoisotopic (exact) mass is 546 g/mol. The average molecular weight is 547 g/mol. The maximum atomic E-state index is 14.5. The van der Waals surface area contributed by atoms with Crippen molar-refractivity contribution < 1.29 is 27.4 Å². The number of carbonyl (C=O) groups excluding carboxylic acids is 2. The van der Waals surface area contributed by atoms with Gasteiger partial charge in [0.05, 0.1) is 37.2 Å². The Balaban J connectivity index is 1.26. The molecule has 2 saturated carbocycles. The number of fused-ring (bicyclic) bond motifs is 1. The lowest BCUT2D eigenvalue weighted by atomic mass is 9.81. The van der Waals surface area contributed by atoms with Crippen molar-refractivity contribution in [3.05, 3.63) is 41.1 Å². The summed E-state index contributed by atoms with van der Waals surface area (Å²) in [6, 6.07) is 0.704. The number of hydrogen-bond donors (Lipinski definition) is 2. The normalized spacial score (nSPS) is 24.5. The first-order valence-corrected chi connectivity index (χ1v) is 13.1. The summed E-state index contributed by atoms with van der Waals surface area (Å²) < 4.78 is 48.7. The van der Waals surface area contributed by atoms with Gasteiger partial charge in [-0.15, -0.1) is 0 Å². The second-order valence-corrected chi connectivity index (χ2v) is 11.2. The molecular formula is C25H29F3N8O3. The van der Waals surface area contributed by atoms with E-state index in [0.29, 0.717) is 22.6 Å². The predicted molar refractivity (Wildman–Crippen MR) is 130 cm³/mol. The lowest BCUT2D eigenvalue weighted by molar-refractivity contribution is -0.0495. The van der Waals surface area contributed by atoms with E-state index in [0.717, 1.165) is 12.8 Å². The number of hydrogen-bond acceptors (Lipinski definition) is 7. The predicted octanol–water partition coefficient (Wildman–Crippen LogP) is 3.54. The quantitative estimate of drug-likeness (QED) is 0.464. The van der Waals surface area contributed by atoms with Crippen molar-refractivity contribution in [1.82, 2.24) is 40.4 Å². The van der Waals surface area contributed by atoms with Crippen LogP contribution in [0.3, 0.4) is 0 Å². The smallest absolute Gasteiger partial charge is 0.317 e. The van der Waals surface area contributed by atoms with Gasteiger partial charge < -0.3 is 15.5 Å². The first-order valence-electron chi connectivity index (χ1n) is 13.1. The van der Waals surface area contributed by atoms with Crippen molar-refractivity contribution in [2.24, 2.45) is 5.92 Å². The Kier molecular flexibility index (Phi) is 6.22. The van der Waals surface area contributed by atoms with Crippen LogP contribution < -0.4 is 10.6 Å². The molecule has 3 fully saturated rings. The van der Waals surface area contributed by atoms with E-state index in [1.165, 1.54) is 16.3 Å². The third-order valence-corrected chi connectivity index (χ3v) is 7.72. The zero-order chi connectivity index (χ0) is 27.4. The molecule has 208 valence electrons. The summed E-state index contributed by atoms with van der Waals surface area (Å²) >= 11 is 0. The number of nitrogens with one attached hydrogen (secondary N) is 2. The van der Waals surface area contributed by atoms with Gasteiger partial charge in [-0.05, 0) is 55.3 Å². The molecule has 6 rings (SSSR count). The Labute approximate surface area is 221 Å². The van der Waals surface area contributed by atoms with E-state index in [4.69, 9.17) is 4.63 Å². The highest BCUT2D eigenvalue weighted by Gasteiger charge is 2.41. The summed E-state index contributed by atoms with van der Waals surface area (Å²) in [5, 5.41) is 17.6. The van der Waals surface area contributed by atoms with Crippen LogP contribution in [0.1, 0.15) is 84.8 Å². The van der Waals surface area contributed by atoms with E-state index in [-0.39, 0.29) is 68.9 Å². The molecule has 2 aliphatic carbocycles. The highest BCUT2D eigenvalue weighted by molar-refractivity contribution is 5.93. The minimum atomic E-state index is -2.73. The Morgan fingerprint density at radius 3 is 2.74 bits per heavy atom. The molecule has 1 aliphatic heterocycles. The van der Waals surface area contributed by atoms with Crippen molar-refractivity contribution in [2.75, 3.05) is 13.1 Å². The van der Waals surface area contributed by atoms with E-state index < -0.39 is 23.5 Å². The number of aromatic nitrogens is 5. The summed E-state index contributed by atoms with van der Waals surface area (Å²) in [7, 11) is 0. The molecular weight excluding hydrogens is 517 g/mol. The van der Waals surface area contributed by atoms with Gasteiger partial charge in [0.25, 0.3) is 5.91 Å². The molecule has 11 nitrogen and oxygen atoms in total. The molecule has 2 N–H and O–H groups in total. The lowest BCUT2D eigenvalue weighted by Crippen LogP contribution is -2.57. The van der Waals surface area contributed by atoms with E-state index in [9.17, 15) is 22.8 Å². The number of amides is 3. The summed E-state index contributed by atoms with van der Waals surface area (Å²) in [6.45, 7) is 1.47. The second kappa shape index (κ2) is 9.49. The SMILES string of the molecule is C[C@]1(F)CNC(=O)N(Cc2cnn3cc([C@@H](NC(=O)c4nonc4C4CC4)C4CCC(F)(F)CC4)nc3c2)C1. The molecule has 0 radical (unpaired) electrons. The molecule has 0 bridgehead atoms. The fraction of sp³-hybridized carbons (Fsp3) is 0.600. The minimum Gasteiger partial charge on any atom is -0.342 e. The summed E-state index contributed by atoms with van der Waals surface area (Å²) in [4.78, 5) is 31.5. The number of carbonyl (C=O) groups is 2. The molecule has 14 heteroatoms. The lowest BCUT2D eigenvalue weighted by Gasteiger charge is -2.35. The van der Waals surface area contributed by atoms with Crippen LogP contribution in [-0.4, -0.2) is 66.4 Å². The van der Waals surface area contributed by atoms with Crippen LogP contribution in [0.25, 0.3) is 5.65 Å². The maximum Gasteiger partial charge on any atom is 0.317 e. The molecule has 0 aromatic carbocycles. The summed E-state index contributed by atoms with van der Waals surface area (Å²) in [5.41, 5.74) is 0.631. The van der Waals surface area contributed by atoms with Crippen LogP contribution in [0.15, 0.2) is 23.1 Å². The third-order valence-electron chi connectivity index (χ3n) is 7.72. The standard InChI is InChI=1S/C25H29F3N8O3/c1-24(26)12-29-23(38)35(13-24)10-14-8-18-31-17(11-36(18)30-9-14)19(16-4-6-25(27,28)7-5-16)32-22(37)21-20(15-2-3-15)33-39-34-21/h8-9,11,15-16,19H,2-7,10,12-13H2,1H3,(H,29,38)(H,32,37)/t19-,24-/m0/s1. The van der Waals surface area contributed by atoms with Crippen LogP contribution in [-0.2, 0) is 6.54 Å². The number of halogens is 3. The summed E-state index contributed by atoms with van der Waals surface area (Å²) in [5.74, 6) is -3.36. The van der Waals surface area contributed by atoms with Gasteiger partial charge in [0.2, 0.25) is 5.92 Å². The largest absolute Gasteiger partial charge is 0.342 e. The molecule has 3 aromatic heterocycles. The number of imidazole rings is 1. The van der Waals surface area contributed by atoms with Gasteiger partial charge >= 0.3 is 6.03 Å². The zero-order valence-corrected chi connectivity index (χ0v) is 21.4. The molecule has 3 amide bonds. The second-order valence-electron chi connectivity index (χ2n) is 11.2. The fourth-order valence-corrected chi connectivity index (χ4v) is 5.43. The fourth-order valence-electron chi connectivity index (χ4n) is 5.43. The van der Waals surface area contributed by atoms with Crippen LogP contribution in [0.5, 0.6) is 0 Å². The zero-order valence-electron chi connectivity index (χ0n) is 21.4. The Morgan fingerprint density at radius 1 is 1.23 bits per heavy atom. The van der Waals surface area contributed by atoms with Gasteiger partial charge in [-0.3, -0.25) is 4.79 Å². The van der Waals surface area contributed by atoms with Crippen molar-refractivity contribution in [1.29, 1.82) is 0 Å². The van der Waals surface area contributed by atoms with Crippen LogP contribution in [0.2, 0.25) is 0 Å². The molecule has 4 heterocycles. The Morgan fingerprint density at radius 2 is 2.00 bits per heavy atom. The van der Waals surface area contributed by atoms with Gasteiger partial charge in [-0.1, -0.05) is 5.16 Å². The maximum absolute atomic E-state index is 14.5. The van der Waals surface area contributed by atoms with Gasteiger partial charge in [-0.2, -0.15) is 5.10 Å². The van der Waals surface area contributed by atoms with Gasteiger partial charge in [-0.25, -0.2) is 32.1 Å².